The monoisotopic (exact) mass is 427 g/mol. The number of rotatable bonds is 3. The smallest absolute Gasteiger partial charge is 0.313 e. The van der Waals surface area contributed by atoms with Crippen LogP contribution in [-0.2, 0) is 9.59 Å². The van der Waals surface area contributed by atoms with Crippen LogP contribution in [0.15, 0.2) is 54.7 Å². The first-order chi connectivity index (χ1) is 14.9. The number of nitrogens with one attached hydrogen (secondary N) is 1. The first-order valence-electron chi connectivity index (χ1n) is 9.95. The van der Waals surface area contributed by atoms with Crippen LogP contribution in [-0.4, -0.2) is 34.8 Å². The predicted octanol–water partition coefficient (Wildman–Crippen LogP) is 4.66. The number of nitrogens with zero attached hydrogens (tertiary/aromatic N) is 2. The number of carbonyl (C=O) groups is 2. The Hall–Kier alpha value is -3.42. The average Bonchev–Trinajstić information content (AvgIpc) is 2.78. The van der Waals surface area contributed by atoms with Crippen molar-refractivity contribution in [2.24, 2.45) is 0 Å². The zero-order valence-electron chi connectivity index (χ0n) is 16.5. The number of hydrogen-bond donors (Lipinski definition) is 1. The third-order valence-electron chi connectivity index (χ3n) is 5.57. The fourth-order valence-corrected chi connectivity index (χ4v) is 3.93. The van der Waals surface area contributed by atoms with E-state index in [1.807, 2.05) is 6.07 Å². The van der Waals surface area contributed by atoms with Gasteiger partial charge in [0.2, 0.25) is 0 Å². The second-order valence-electron chi connectivity index (χ2n) is 7.50. The van der Waals surface area contributed by atoms with Gasteiger partial charge < -0.3 is 10.2 Å². The quantitative estimate of drug-likeness (QED) is 0.619. The van der Waals surface area contributed by atoms with Crippen LogP contribution in [0.3, 0.4) is 0 Å². The minimum atomic E-state index is -2.60. The van der Waals surface area contributed by atoms with Crippen molar-refractivity contribution < 1.29 is 22.8 Å². The van der Waals surface area contributed by atoms with E-state index < -0.39 is 18.2 Å². The zero-order valence-corrected chi connectivity index (χ0v) is 16.5. The lowest BCUT2D eigenvalue weighted by molar-refractivity contribution is -0.143. The van der Waals surface area contributed by atoms with Crippen molar-refractivity contribution in [1.82, 2.24) is 9.88 Å². The molecule has 1 saturated heterocycles. The normalized spacial score (nSPS) is 14.8. The summed E-state index contributed by atoms with van der Waals surface area (Å²) in [5.74, 6) is -1.67. The number of hydrogen-bond acceptors (Lipinski definition) is 3. The minimum Gasteiger partial charge on any atom is -0.334 e. The molecule has 1 N–H and O–H groups in total. The number of fused-ring (bicyclic) bond motifs is 1. The molecule has 160 valence electrons. The van der Waals surface area contributed by atoms with Crippen molar-refractivity contribution in [1.29, 1.82) is 0 Å². The molecule has 31 heavy (non-hydrogen) atoms. The molecule has 5 nitrogen and oxygen atoms in total. The molecular formula is C23H20F3N3O2. The summed E-state index contributed by atoms with van der Waals surface area (Å²) in [6.45, 7) is 0.779. The second kappa shape index (κ2) is 8.75. The van der Waals surface area contributed by atoms with Crippen LogP contribution in [0, 0.1) is 5.82 Å². The highest BCUT2D eigenvalue weighted by molar-refractivity contribution is 6.39. The molecule has 0 unspecified atom stereocenters. The Labute approximate surface area is 176 Å². The number of piperidine rings is 1. The third-order valence-corrected chi connectivity index (χ3v) is 5.57. The van der Waals surface area contributed by atoms with E-state index in [1.165, 1.54) is 41.3 Å². The molecular weight excluding hydrogens is 407 g/mol. The van der Waals surface area contributed by atoms with E-state index in [1.54, 1.807) is 12.3 Å². The van der Waals surface area contributed by atoms with Crippen molar-refractivity contribution in [2.75, 3.05) is 18.4 Å². The second-order valence-corrected chi connectivity index (χ2v) is 7.50. The molecule has 0 bridgehead atoms. The number of carbonyl (C=O) groups excluding carboxylic acids is 2. The first-order valence-corrected chi connectivity index (χ1v) is 9.95. The van der Waals surface area contributed by atoms with Gasteiger partial charge >= 0.3 is 11.8 Å². The highest BCUT2D eigenvalue weighted by Crippen LogP contribution is 2.32. The molecule has 1 fully saturated rings. The van der Waals surface area contributed by atoms with E-state index in [-0.39, 0.29) is 23.0 Å². The van der Waals surface area contributed by atoms with Crippen molar-refractivity contribution in [3.05, 3.63) is 71.7 Å². The number of anilines is 1. The number of benzene rings is 2. The van der Waals surface area contributed by atoms with Gasteiger partial charge in [0.05, 0.1) is 5.52 Å². The lowest BCUT2D eigenvalue weighted by Crippen LogP contribution is -2.43. The first kappa shape index (κ1) is 20.8. The highest BCUT2D eigenvalue weighted by Gasteiger charge is 2.28. The highest BCUT2D eigenvalue weighted by atomic mass is 19.3. The van der Waals surface area contributed by atoms with Crippen molar-refractivity contribution >= 4 is 28.4 Å². The molecule has 0 spiro atoms. The van der Waals surface area contributed by atoms with Crippen molar-refractivity contribution in [3.63, 3.8) is 0 Å². The maximum atomic E-state index is 13.7. The summed E-state index contributed by atoms with van der Waals surface area (Å²) >= 11 is 0. The van der Waals surface area contributed by atoms with Gasteiger partial charge in [0.15, 0.2) is 0 Å². The summed E-state index contributed by atoms with van der Waals surface area (Å²) < 4.78 is 39.0. The lowest BCUT2D eigenvalue weighted by Gasteiger charge is -2.32. The largest absolute Gasteiger partial charge is 0.334 e. The van der Waals surface area contributed by atoms with Crippen LogP contribution in [0.2, 0.25) is 0 Å². The van der Waals surface area contributed by atoms with Crippen LogP contribution in [0.1, 0.15) is 36.3 Å². The molecule has 2 heterocycles. The lowest BCUT2D eigenvalue weighted by atomic mass is 9.87. The Kier molecular flexibility index (Phi) is 5.88. The summed E-state index contributed by atoms with van der Waals surface area (Å²) in [7, 11) is 0. The number of amides is 2. The number of alkyl halides is 2. The average molecular weight is 427 g/mol. The standard InChI is InChI=1S/C23H20F3N3O2/c24-16-3-6-20-19(13-16)18(7-10-27-20)14-8-11-29(12-9-14)23(31)22(30)28-17-4-1-15(2-5-17)21(25)26/h1-7,10,13-14,21H,8-9,11-12H2,(H,28,30). The molecule has 1 aromatic heterocycles. The Bertz CT molecular complexity index is 1110. The molecule has 2 aromatic carbocycles. The predicted molar refractivity (Wildman–Crippen MR) is 110 cm³/mol. The molecule has 0 radical (unpaired) electrons. The minimum absolute atomic E-state index is 0.126. The van der Waals surface area contributed by atoms with E-state index in [0.717, 1.165) is 16.5 Å². The van der Waals surface area contributed by atoms with E-state index in [2.05, 4.69) is 10.3 Å². The molecule has 8 heteroatoms. The Morgan fingerprint density at radius 1 is 1.03 bits per heavy atom. The van der Waals surface area contributed by atoms with E-state index in [4.69, 9.17) is 0 Å². The topological polar surface area (TPSA) is 62.3 Å². The molecule has 0 aliphatic carbocycles. The molecule has 3 aromatic rings. The maximum Gasteiger partial charge on any atom is 0.313 e. The Balaban J connectivity index is 1.39. The summed E-state index contributed by atoms with van der Waals surface area (Å²) in [6.07, 6.45) is 0.372. The van der Waals surface area contributed by atoms with E-state index >= 15 is 0 Å². The summed E-state index contributed by atoms with van der Waals surface area (Å²) in [4.78, 5) is 30.6. The number of halogens is 3. The van der Waals surface area contributed by atoms with Crippen LogP contribution in [0.25, 0.3) is 10.9 Å². The molecule has 0 saturated carbocycles. The van der Waals surface area contributed by atoms with Gasteiger partial charge in [-0.25, -0.2) is 13.2 Å². The van der Waals surface area contributed by atoms with Gasteiger partial charge in [0.1, 0.15) is 5.82 Å². The van der Waals surface area contributed by atoms with Crippen molar-refractivity contribution in [3.8, 4) is 0 Å². The maximum absolute atomic E-state index is 13.7. The summed E-state index contributed by atoms with van der Waals surface area (Å²) in [5.41, 5.74) is 1.83. The molecule has 4 rings (SSSR count). The van der Waals surface area contributed by atoms with Crippen LogP contribution < -0.4 is 5.32 Å². The summed E-state index contributed by atoms with van der Waals surface area (Å²) in [6, 6.07) is 11.5. The Morgan fingerprint density at radius 3 is 2.42 bits per heavy atom. The van der Waals surface area contributed by atoms with Gasteiger partial charge in [-0.3, -0.25) is 14.6 Å². The zero-order chi connectivity index (χ0) is 22.0. The Morgan fingerprint density at radius 2 is 1.74 bits per heavy atom. The van der Waals surface area contributed by atoms with E-state index in [9.17, 15) is 22.8 Å². The fourth-order valence-electron chi connectivity index (χ4n) is 3.93. The van der Waals surface area contributed by atoms with Gasteiger partial charge in [-0.15, -0.1) is 0 Å². The van der Waals surface area contributed by atoms with Gasteiger partial charge in [-0.2, -0.15) is 0 Å². The third kappa shape index (κ3) is 4.52. The SMILES string of the molecule is O=C(Nc1ccc(C(F)F)cc1)C(=O)N1CCC(c2ccnc3ccc(F)cc23)CC1. The molecule has 1 aliphatic rings. The molecule has 1 aliphatic heterocycles. The molecule has 0 atom stereocenters. The van der Waals surface area contributed by atoms with Crippen molar-refractivity contribution in [2.45, 2.75) is 25.2 Å². The van der Waals surface area contributed by atoms with Gasteiger partial charge in [-0.1, -0.05) is 12.1 Å². The van der Waals surface area contributed by atoms with Gasteiger partial charge in [0, 0.05) is 35.9 Å². The van der Waals surface area contributed by atoms with Gasteiger partial charge in [-0.05, 0) is 60.7 Å². The van der Waals surface area contributed by atoms with Crippen LogP contribution >= 0.6 is 0 Å². The van der Waals surface area contributed by atoms with E-state index in [0.29, 0.717) is 25.9 Å². The van der Waals surface area contributed by atoms with Gasteiger partial charge in [0.25, 0.3) is 6.43 Å². The summed E-state index contributed by atoms with van der Waals surface area (Å²) in [5, 5.41) is 3.21. The fraction of sp³-hybridized carbons (Fsp3) is 0.261. The number of aromatic nitrogens is 1. The van der Waals surface area contributed by atoms with Crippen LogP contribution in [0.5, 0.6) is 0 Å². The number of likely N-dealkylation sites (tertiary alicyclic amines) is 1. The number of pyridine rings is 1. The van der Waals surface area contributed by atoms with Crippen LogP contribution in [0.4, 0.5) is 18.9 Å². The molecule has 2 amide bonds.